The number of pyridine rings is 1. The van der Waals surface area contributed by atoms with E-state index in [1.54, 1.807) is 30.5 Å². The van der Waals surface area contributed by atoms with Crippen molar-refractivity contribution in [2.75, 3.05) is 0 Å². The van der Waals surface area contributed by atoms with Crippen LogP contribution in [0, 0.1) is 6.92 Å². The summed E-state index contributed by atoms with van der Waals surface area (Å²) in [5.41, 5.74) is 6.49. The zero-order chi connectivity index (χ0) is 29.1. The van der Waals surface area contributed by atoms with Gasteiger partial charge in [-0.1, -0.05) is 66.2 Å². The van der Waals surface area contributed by atoms with E-state index >= 15 is 0 Å². The van der Waals surface area contributed by atoms with E-state index in [2.05, 4.69) is 20.6 Å². The summed E-state index contributed by atoms with van der Waals surface area (Å²) in [4.78, 5) is 34.6. The molecule has 6 aromatic rings. The Labute approximate surface area is 243 Å². The van der Waals surface area contributed by atoms with Crippen molar-refractivity contribution >= 4 is 33.6 Å². The normalized spacial score (nSPS) is 11.8. The molecule has 2 amide bonds. The molecule has 4 aromatic carbocycles. The molecule has 1 unspecified atom stereocenters. The number of H-pyrrole nitrogens is 1. The summed E-state index contributed by atoms with van der Waals surface area (Å²) in [6.45, 7) is 2.37. The van der Waals surface area contributed by atoms with Gasteiger partial charge in [0.05, 0.1) is 0 Å². The van der Waals surface area contributed by atoms with Gasteiger partial charge in [0, 0.05) is 47.2 Å². The first-order valence-electron chi connectivity index (χ1n) is 13.8. The van der Waals surface area contributed by atoms with Gasteiger partial charge in [-0.05, 0) is 65.6 Å². The van der Waals surface area contributed by atoms with Crippen molar-refractivity contribution in [3.05, 3.63) is 132 Å². The first-order chi connectivity index (χ1) is 20.4. The van der Waals surface area contributed by atoms with Crippen molar-refractivity contribution in [3.8, 4) is 16.9 Å². The zero-order valence-corrected chi connectivity index (χ0v) is 23.1. The van der Waals surface area contributed by atoms with E-state index in [0.29, 0.717) is 24.0 Å². The SMILES string of the molecule is Cc1ccc(CNC(=O)C(Cc2c[nH]c3ccccc23)NC(=O)c2cccc(-c3cc(O)c4ncccc4c3)c2)cc1. The average Bonchev–Trinajstić information content (AvgIpc) is 3.43. The number of hydrogen-bond acceptors (Lipinski definition) is 4. The largest absolute Gasteiger partial charge is 0.506 e. The summed E-state index contributed by atoms with van der Waals surface area (Å²) in [6, 6.07) is 29.5. The molecule has 2 aromatic heterocycles. The molecule has 7 nitrogen and oxygen atoms in total. The predicted octanol–water partition coefficient (Wildman–Crippen LogP) is 6.05. The molecular weight excluding hydrogens is 524 g/mol. The zero-order valence-electron chi connectivity index (χ0n) is 23.1. The number of nitrogens with one attached hydrogen (secondary N) is 3. The highest BCUT2D eigenvalue weighted by atomic mass is 16.3. The second-order valence-electron chi connectivity index (χ2n) is 10.4. The van der Waals surface area contributed by atoms with Crippen LogP contribution < -0.4 is 10.6 Å². The molecular formula is C35H30N4O3. The lowest BCUT2D eigenvalue weighted by Crippen LogP contribution is -2.47. The summed E-state index contributed by atoms with van der Waals surface area (Å²) < 4.78 is 0. The summed E-state index contributed by atoms with van der Waals surface area (Å²) in [5, 5.41) is 18.3. The number of hydrogen-bond donors (Lipinski definition) is 4. The molecule has 42 heavy (non-hydrogen) atoms. The number of carbonyl (C=O) groups excluding carboxylic acids is 2. The Kier molecular flexibility index (Phi) is 7.39. The first kappa shape index (κ1) is 26.8. The highest BCUT2D eigenvalue weighted by Crippen LogP contribution is 2.31. The fourth-order valence-electron chi connectivity index (χ4n) is 5.17. The maximum atomic E-state index is 13.6. The van der Waals surface area contributed by atoms with Crippen molar-refractivity contribution < 1.29 is 14.7 Å². The van der Waals surface area contributed by atoms with Crippen LogP contribution in [0.4, 0.5) is 0 Å². The quantitative estimate of drug-likeness (QED) is 0.184. The van der Waals surface area contributed by atoms with Crippen LogP contribution in [0.25, 0.3) is 32.9 Å². The molecule has 0 aliphatic rings. The van der Waals surface area contributed by atoms with E-state index < -0.39 is 6.04 Å². The molecule has 0 fully saturated rings. The van der Waals surface area contributed by atoms with E-state index in [-0.39, 0.29) is 17.6 Å². The van der Waals surface area contributed by atoms with Crippen molar-refractivity contribution in [1.29, 1.82) is 0 Å². The topological polar surface area (TPSA) is 107 Å². The Balaban J connectivity index is 1.26. The molecule has 208 valence electrons. The Morgan fingerprint density at radius 2 is 1.74 bits per heavy atom. The number of amides is 2. The van der Waals surface area contributed by atoms with Gasteiger partial charge in [-0.25, -0.2) is 0 Å². The lowest BCUT2D eigenvalue weighted by molar-refractivity contribution is -0.123. The minimum Gasteiger partial charge on any atom is -0.506 e. The summed E-state index contributed by atoms with van der Waals surface area (Å²) >= 11 is 0. The lowest BCUT2D eigenvalue weighted by atomic mass is 9.99. The Morgan fingerprint density at radius 1 is 0.905 bits per heavy atom. The van der Waals surface area contributed by atoms with Crippen LogP contribution in [0.2, 0.25) is 0 Å². The summed E-state index contributed by atoms with van der Waals surface area (Å²) in [5.74, 6) is -0.557. The molecule has 6 rings (SSSR count). The van der Waals surface area contributed by atoms with Crippen LogP contribution >= 0.6 is 0 Å². The minimum absolute atomic E-state index is 0.0713. The van der Waals surface area contributed by atoms with Crippen LogP contribution in [-0.2, 0) is 17.8 Å². The van der Waals surface area contributed by atoms with Crippen LogP contribution in [0.5, 0.6) is 5.75 Å². The number of aryl methyl sites for hydroxylation is 1. The number of aromatic hydroxyl groups is 1. The monoisotopic (exact) mass is 554 g/mol. The lowest BCUT2D eigenvalue weighted by Gasteiger charge is -2.19. The van der Waals surface area contributed by atoms with Gasteiger partial charge < -0.3 is 20.7 Å². The second-order valence-corrected chi connectivity index (χ2v) is 10.4. The molecule has 0 aliphatic carbocycles. The molecule has 7 heteroatoms. The molecule has 4 N–H and O–H groups in total. The molecule has 0 bridgehead atoms. The fourth-order valence-corrected chi connectivity index (χ4v) is 5.17. The fraction of sp³-hybridized carbons (Fsp3) is 0.114. The van der Waals surface area contributed by atoms with E-state index in [1.807, 2.05) is 85.9 Å². The number of para-hydroxylation sites is 1. The van der Waals surface area contributed by atoms with Gasteiger partial charge in [-0.15, -0.1) is 0 Å². The van der Waals surface area contributed by atoms with E-state index in [1.165, 1.54) is 0 Å². The number of rotatable bonds is 8. The third-order valence-electron chi connectivity index (χ3n) is 7.45. The Hall–Kier alpha value is -5.43. The summed E-state index contributed by atoms with van der Waals surface area (Å²) in [7, 11) is 0. The van der Waals surface area contributed by atoms with Crippen LogP contribution in [0.3, 0.4) is 0 Å². The number of fused-ring (bicyclic) bond motifs is 2. The molecule has 0 aliphatic heterocycles. The van der Waals surface area contributed by atoms with Gasteiger partial charge in [-0.2, -0.15) is 0 Å². The number of phenolic OH excluding ortho intramolecular Hbond substituents is 1. The van der Waals surface area contributed by atoms with E-state index in [9.17, 15) is 14.7 Å². The number of phenols is 1. The Bertz CT molecular complexity index is 1910. The average molecular weight is 555 g/mol. The van der Waals surface area contributed by atoms with Gasteiger partial charge in [0.2, 0.25) is 5.91 Å². The summed E-state index contributed by atoms with van der Waals surface area (Å²) in [6.07, 6.45) is 3.84. The maximum absolute atomic E-state index is 13.6. The van der Waals surface area contributed by atoms with Crippen molar-refractivity contribution in [2.24, 2.45) is 0 Å². The Morgan fingerprint density at radius 3 is 2.60 bits per heavy atom. The van der Waals surface area contributed by atoms with Gasteiger partial charge in [0.25, 0.3) is 5.91 Å². The van der Waals surface area contributed by atoms with Crippen LogP contribution in [-0.4, -0.2) is 32.9 Å². The van der Waals surface area contributed by atoms with Gasteiger partial charge in [0.1, 0.15) is 17.3 Å². The minimum atomic E-state index is -0.804. The number of aromatic nitrogens is 2. The third kappa shape index (κ3) is 5.71. The molecule has 0 saturated carbocycles. The molecule has 2 heterocycles. The van der Waals surface area contributed by atoms with Crippen LogP contribution in [0.15, 0.2) is 109 Å². The van der Waals surface area contributed by atoms with E-state index in [4.69, 9.17) is 0 Å². The molecule has 0 radical (unpaired) electrons. The van der Waals surface area contributed by atoms with Crippen molar-refractivity contribution in [3.63, 3.8) is 0 Å². The molecule has 0 saturated heterocycles. The number of carbonyl (C=O) groups is 2. The first-order valence-corrected chi connectivity index (χ1v) is 13.8. The van der Waals surface area contributed by atoms with Gasteiger partial charge in [0.15, 0.2) is 0 Å². The second kappa shape index (κ2) is 11.6. The standard InChI is InChI=1S/C35H30N4O3/c1-22-11-13-23(14-12-22)20-38-35(42)31(18-28-21-37-30-10-3-2-9-29(28)30)39-34(41)26-7-4-6-24(16-26)27-17-25-8-5-15-36-33(25)32(40)19-27/h2-17,19,21,31,37,40H,18,20H2,1H3,(H,38,42)(H,39,41). The van der Waals surface area contributed by atoms with E-state index in [0.717, 1.165) is 44.1 Å². The van der Waals surface area contributed by atoms with Crippen LogP contribution in [0.1, 0.15) is 27.0 Å². The molecule has 0 spiro atoms. The highest BCUT2D eigenvalue weighted by molar-refractivity contribution is 5.99. The van der Waals surface area contributed by atoms with Crippen molar-refractivity contribution in [2.45, 2.75) is 25.9 Å². The number of nitrogens with zero attached hydrogens (tertiary/aromatic N) is 1. The van der Waals surface area contributed by atoms with Gasteiger partial charge >= 0.3 is 0 Å². The predicted molar refractivity (Wildman–Crippen MR) is 165 cm³/mol. The smallest absolute Gasteiger partial charge is 0.251 e. The maximum Gasteiger partial charge on any atom is 0.251 e. The highest BCUT2D eigenvalue weighted by Gasteiger charge is 2.23. The molecule has 1 atom stereocenters. The number of benzene rings is 4. The van der Waals surface area contributed by atoms with Gasteiger partial charge in [-0.3, -0.25) is 14.6 Å². The van der Waals surface area contributed by atoms with Crippen molar-refractivity contribution in [1.82, 2.24) is 20.6 Å². The third-order valence-corrected chi connectivity index (χ3v) is 7.45. The number of aromatic amines is 1.